The number of methoxy groups -OCH3 is 2. The Morgan fingerprint density at radius 3 is 2.70 bits per heavy atom. The van der Waals surface area contributed by atoms with Gasteiger partial charge in [0.15, 0.2) is 11.5 Å². The van der Waals surface area contributed by atoms with Gasteiger partial charge in [0, 0.05) is 28.8 Å². The molecular formula is C25H21ClN2O5. The monoisotopic (exact) mass is 464 g/mol. The van der Waals surface area contributed by atoms with Crippen molar-refractivity contribution >= 4 is 35.2 Å². The predicted octanol–water partition coefficient (Wildman–Crippen LogP) is 4.66. The molecule has 3 aromatic rings. The topological polar surface area (TPSA) is 85.9 Å². The van der Waals surface area contributed by atoms with E-state index in [0.29, 0.717) is 33.5 Å². The Balaban J connectivity index is 1.47. The first kappa shape index (κ1) is 22.2. The molecule has 7 nitrogen and oxygen atoms in total. The van der Waals surface area contributed by atoms with Crippen LogP contribution in [-0.4, -0.2) is 26.0 Å². The first-order chi connectivity index (χ1) is 16.0. The number of benzene rings is 3. The summed E-state index contributed by atoms with van der Waals surface area (Å²) in [5.74, 6) is 1.13. The molecule has 3 aromatic carbocycles. The van der Waals surface area contributed by atoms with E-state index in [-0.39, 0.29) is 18.2 Å². The molecule has 0 bridgehead atoms. The molecule has 1 heterocycles. The molecule has 0 saturated heterocycles. The van der Waals surface area contributed by atoms with E-state index in [1.54, 1.807) is 68.8 Å². The van der Waals surface area contributed by atoms with Gasteiger partial charge in [-0.05, 0) is 54.1 Å². The third-order valence-corrected chi connectivity index (χ3v) is 5.25. The highest BCUT2D eigenvalue weighted by Crippen LogP contribution is 2.32. The molecule has 4 rings (SSSR count). The van der Waals surface area contributed by atoms with Crippen LogP contribution in [0.2, 0.25) is 5.02 Å². The largest absolute Gasteiger partial charge is 0.497 e. The lowest BCUT2D eigenvalue weighted by Gasteiger charge is -2.20. The van der Waals surface area contributed by atoms with Gasteiger partial charge in [-0.2, -0.15) is 0 Å². The lowest BCUT2D eigenvalue weighted by molar-refractivity contribution is -0.115. The fourth-order valence-corrected chi connectivity index (χ4v) is 3.52. The van der Waals surface area contributed by atoms with Crippen molar-refractivity contribution < 1.29 is 23.8 Å². The van der Waals surface area contributed by atoms with Gasteiger partial charge in [0.05, 0.1) is 19.9 Å². The summed E-state index contributed by atoms with van der Waals surface area (Å²) in [5, 5.41) is 6.18. The van der Waals surface area contributed by atoms with Gasteiger partial charge in [-0.25, -0.2) is 0 Å². The second-order valence-electron chi connectivity index (χ2n) is 7.19. The predicted molar refractivity (Wildman–Crippen MR) is 126 cm³/mol. The third kappa shape index (κ3) is 5.10. The van der Waals surface area contributed by atoms with Gasteiger partial charge in [-0.1, -0.05) is 23.7 Å². The fourth-order valence-electron chi connectivity index (χ4n) is 3.32. The van der Waals surface area contributed by atoms with Crippen LogP contribution in [0.1, 0.15) is 21.5 Å². The third-order valence-electron chi connectivity index (χ3n) is 5.01. The number of carbonyl (C=O) groups excluding carboxylic acids is 2. The second kappa shape index (κ2) is 9.67. The number of halogens is 1. The van der Waals surface area contributed by atoms with Crippen molar-refractivity contribution in [3.8, 4) is 17.2 Å². The Hall–Kier alpha value is -3.97. The molecule has 0 aliphatic carbocycles. The van der Waals surface area contributed by atoms with Crippen LogP contribution in [0.3, 0.4) is 0 Å². The first-order valence-corrected chi connectivity index (χ1v) is 10.4. The maximum Gasteiger partial charge on any atom is 0.291 e. The van der Waals surface area contributed by atoms with E-state index in [0.717, 1.165) is 11.1 Å². The lowest BCUT2D eigenvalue weighted by Crippen LogP contribution is -2.26. The fraction of sp³-hybridized carbons (Fsp3) is 0.120. The average molecular weight is 465 g/mol. The zero-order chi connectivity index (χ0) is 23.4. The summed E-state index contributed by atoms with van der Waals surface area (Å²) in [7, 11) is 3.13. The molecule has 1 aliphatic heterocycles. The van der Waals surface area contributed by atoms with Gasteiger partial charge >= 0.3 is 0 Å². The van der Waals surface area contributed by atoms with E-state index in [4.69, 9.17) is 25.8 Å². The van der Waals surface area contributed by atoms with E-state index in [9.17, 15) is 9.59 Å². The number of hydrogen-bond acceptors (Lipinski definition) is 5. The minimum Gasteiger partial charge on any atom is -0.497 e. The first-order valence-electron chi connectivity index (χ1n) is 10.1. The smallest absolute Gasteiger partial charge is 0.291 e. The molecule has 168 valence electrons. The normalized spacial score (nSPS) is 13.5. The minimum absolute atomic E-state index is 0.133. The van der Waals surface area contributed by atoms with Crippen molar-refractivity contribution in [2.45, 2.75) is 6.54 Å². The van der Waals surface area contributed by atoms with Crippen molar-refractivity contribution in [1.29, 1.82) is 0 Å². The van der Waals surface area contributed by atoms with Crippen LogP contribution >= 0.6 is 11.6 Å². The molecule has 0 atom stereocenters. The summed E-state index contributed by atoms with van der Waals surface area (Å²) in [6.07, 6.45) is 1.60. The van der Waals surface area contributed by atoms with E-state index in [1.807, 2.05) is 12.1 Å². The Morgan fingerprint density at radius 1 is 1.09 bits per heavy atom. The van der Waals surface area contributed by atoms with E-state index >= 15 is 0 Å². The Bertz CT molecular complexity index is 1260. The number of rotatable bonds is 6. The minimum atomic E-state index is -0.414. The van der Waals surface area contributed by atoms with E-state index < -0.39 is 5.91 Å². The standard InChI is InChI=1S/C25H21ClN2O5/c1-31-19-8-6-17(22(13-19)32-2)14-27-24(29)16-7-9-21-20(12-16)28-25(30)23(33-21)11-15-4-3-5-18(26)10-15/h3-13H,14H2,1-2H3,(H,27,29)(H,28,30). The van der Waals surface area contributed by atoms with Crippen LogP contribution in [-0.2, 0) is 11.3 Å². The van der Waals surface area contributed by atoms with Gasteiger partial charge in [0.2, 0.25) is 0 Å². The van der Waals surface area contributed by atoms with Crippen LogP contribution in [0.5, 0.6) is 17.2 Å². The highest BCUT2D eigenvalue weighted by atomic mass is 35.5. The van der Waals surface area contributed by atoms with Gasteiger partial charge < -0.3 is 24.8 Å². The van der Waals surface area contributed by atoms with Crippen molar-refractivity contribution in [2.24, 2.45) is 0 Å². The molecule has 1 aliphatic rings. The highest BCUT2D eigenvalue weighted by molar-refractivity contribution is 6.30. The van der Waals surface area contributed by atoms with Gasteiger partial charge in [-0.3, -0.25) is 9.59 Å². The summed E-state index contributed by atoms with van der Waals surface area (Å²) >= 11 is 6.00. The molecule has 0 spiro atoms. The van der Waals surface area contributed by atoms with Crippen molar-refractivity contribution in [3.63, 3.8) is 0 Å². The number of nitrogens with one attached hydrogen (secondary N) is 2. The SMILES string of the molecule is COc1ccc(CNC(=O)c2ccc3c(c2)NC(=O)C(=Cc2cccc(Cl)c2)O3)c(OC)c1. The molecule has 0 radical (unpaired) electrons. The molecule has 0 aromatic heterocycles. The Labute approximate surface area is 195 Å². The average Bonchev–Trinajstić information content (AvgIpc) is 2.82. The summed E-state index contributed by atoms with van der Waals surface area (Å²) < 4.78 is 16.3. The van der Waals surface area contributed by atoms with Gasteiger partial charge in [0.25, 0.3) is 11.8 Å². The number of hydrogen-bond donors (Lipinski definition) is 2. The number of ether oxygens (including phenoxy) is 3. The van der Waals surface area contributed by atoms with Crippen LogP contribution in [0.15, 0.2) is 66.4 Å². The van der Waals surface area contributed by atoms with E-state index in [1.165, 1.54) is 0 Å². The molecule has 0 saturated carbocycles. The molecule has 0 fully saturated rings. The number of carbonyl (C=O) groups is 2. The number of anilines is 1. The summed E-state index contributed by atoms with van der Waals surface area (Å²) in [4.78, 5) is 25.2. The lowest BCUT2D eigenvalue weighted by atomic mass is 10.1. The van der Waals surface area contributed by atoms with Gasteiger partial charge in [0.1, 0.15) is 11.5 Å². The van der Waals surface area contributed by atoms with Gasteiger partial charge in [-0.15, -0.1) is 0 Å². The Kier molecular flexibility index (Phi) is 6.51. The zero-order valence-electron chi connectivity index (χ0n) is 18.0. The van der Waals surface area contributed by atoms with Crippen LogP contribution in [0.25, 0.3) is 6.08 Å². The van der Waals surface area contributed by atoms with Crippen LogP contribution in [0.4, 0.5) is 5.69 Å². The molecular weight excluding hydrogens is 444 g/mol. The number of fused-ring (bicyclic) bond motifs is 1. The highest BCUT2D eigenvalue weighted by Gasteiger charge is 2.23. The van der Waals surface area contributed by atoms with Crippen LogP contribution in [0, 0.1) is 0 Å². The molecule has 33 heavy (non-hydrogen) atoms. The number of amides is 2. The second-order valence-corrected chi connectivity index (χ2v) is 7.63. The maximum atomic E-state index is 12.7. The zero-order valence-corrected chi connectivity index (χ0v) is 18.7. The quantitative estimate of drug-likeness (QED) is 0.518. The molecule has 0 unspecified atom stereocenters. The summed E-state index contributed by atoms with van der Waals surface area (Å²) in [6, 6.07) is 17.3. The van der Waals surface area contributed by atoms with Crippen molar-refractivity contribution in [3.05, 3.63) is 88.1 Å². The molecule has 8 heteroatoms. The molecule has 2 N–H and O–H groups in total. The maximum absolute atomic E-state index is 12.7. The summed E-state index contributed by atoms with van der Waals surface area (Å²) in [6.45, 7) is 0.262. The van der Waals surface area contributed by atoms with Crippen molar-refractivity contribution in [2.75, 3.05) is 19.5 Å². The van der Waals surface area contributed by atoms with Crippen molar-refractivity contribution in [1.82, 2.24) is 5.32 Å². The summed E-state index contributed by atoms with van der Waals surface area (Å²) in [5.41, 5.74) is 2.34. The molecule has 2 amide bonds. The van der Waals surface area contributed by atoms with Crippen LogP contribution < -0.4 is 24.8 Å². The Morgan fingerprint density at radius 2 is 1.94 bits per heavy atom. The van der Waals surface area contributed by atoms with E-state index in [2.05, 4.69) is 10.6 Å².